The van der Waals surface area contributed by atoms with Crippen LogP contribution < -0.4 is 21.7 Å². The third-order valence-corrected chi connectivity index (χ3v) is 12.7. The summed E-state index contributed by atoms with van der Waals surface area (Å²) in [4.78, 5) is 27.5. The first-order chi connectivity index (χ1) is 31.9. The van der Waals surface area contributed by atoms with Gasteiger partial charge >= 0.3 is 12.2 Å². The van der Waals surface area contributed by atoms with Gasteiger partial charge in [-0.3, -0.25) is 0 Å². The van der Waals surface area contributed by atoms with E-state index < -0.39 is 129 Å². The first-order valence-electron chi connectivity index (χ1n) is 22.0. The van der Waals surface area contributed by atoms with Gasteiger partial charge in [-0.25, -0.2) is 14.5 Å². The number of hydrogen-bond acceptors (Lipinski definition) is 19. The van der Waals surface area contributed by atoms with E-state index in [1.165, 1.54) is 4.90 Å². The molecule has 4 aliphatic heterocycles. The highest BCUT2D eigenvalue weighted by Gasteiger charge is 2.60. The molecule has 5 fully saturated rings. The zero-order valence-electron chi connectivity index (χ0n) is 36.1. The lowest BCUT2D eigenvalue weighted by Crippen LogP contribution is -2.70. The maximum absolute atomic E-state index is 13.4. The molecule has 1 saturated carbocycles. The highest BCUT2D eigenvalue weighted by Crippen LogP contribution is 2.42. The maximum Gasteiger partial charge on any atom is 0.407 e. The molecule has 4 saturated heterocycles. The molecule has 1 aliphatic carbocycles. The molecule has 0 aromatic heterocycles. The number of nitrogens with zero attached hydrogens (tertiary/aromatic N) is 1. The van der Waals surface area contributed by atoms with Crippen LogP contribution in [0.5, 0.6) is 0 Å². The zero-order chi connectivity index (χ0) is 46.5. The van der Waals surface area contributed by atoms with Gasteiger partial charge in [0.2, 0.25) is 6.41 Å². The van der Waals surface area contributed by atoms with Crippen molar-refractivity contribution in [3.05, 3.63) is 108 Å². The summed E-state index contributed by atoms with van der Waals surface area (Å²) in [5.74, 6) is 0. The highest BCUT2D eigenvalue weighted by molar-refractivity contribution is 5.68. The van der Waals surface area contributed by atoms with E-state index in [0.717, 1.165) is 16.7 Å². The van der Waals surface area contributed by atoms with Gasteiger partial charge < -0.3 is 90.2 Å². The molecule has 4 heterocycles. The molecule has 21 heteroatoms. The van der Waals surface area contributed by atoms with Gasteiger partial charge in [0.1, 0.15) is 62.0 Å². The number of rotatable bonds is 14. The zero-order valence-corrected chi connectivity index (χ0v) is 36.1. The lowest BCUT2D eigenvalue weighted by Gasteiger charge is -2.51. The van der Waals surface area contributed by atoms with Gasteiger partial charge in [0.05, 0.1) is 36.9 Å². The van der Waals surface area contributed by atoms with Gasteiger partial charge in [-0.05, 0) is 30.2 Å². The first-order valence-corrected chi connectivity index (χ1v) is 22.0. The van der Waals surface area contributed by atoms with Crippen LogP contribution in [-0.4, -0.2) is 172 Å². The van der Waals surface area contributed by atoms with E-state index in [1.54, 1.807) is 55.6 Å². The van der Waals surface area contributed by atoms with Crippen LogP contribution in [0.15, 0.2) is 91.0 Å². The Hall–Kier alpha value is -4.40. The normalized spacial score (nSPS) is 37.8. The van der Waals surface area contributed by atoms with Gasteiger partial charge in [-0.1, -0.05) is 91.0 Å². The molecule has 5 aliphatic rings. The Labute approximate surface area is 380 Å². The van der Waals surface area contributed by atoms with Crippen molar-refractivity contribution in [1.82, 2.24) is 20.9 Å². The van der Waals surface area contributed by atoms with Crippen LogP contribution in [0.4, 0.5) is 9.59 Å². The molecule has 3 aromatic rings. The monoisotopic (exact) mass is 925 g/mol. The third-order valence-electron chi connectivity index (χ3n) is 12.7. The maximum atomic E-state index is 13.4. The van der Waals surface area contributed by atoms with Crippen molar-refractivity contribution < 1.29 is 78.1 Å². The quantitative estimate of drug-likeness (QED) is 0.0913. The smallest absolute Gasteiger partial charge is 0.407 e. The van der Waals surface area contributed by atoms with Crippen molar-refractivity contribution in [3.8, 4) is 0 Å². The van der Waals surface area contributed by atoms with E-state index in [4.69, 9.17) is 43.6 Å². The van der Waals surface area contributed by atoms with Crippen LogP contribution in [0.3, 0.4) is 0 Å². The number of nitrogens with two attached hydrogens (primary N) is 1. The van der Waals surface area contributed by atoms with Crippen molar-refractivity contribution in [2.45, 2.75) is 143 Å². The summed E-state index contributed by atoms with van der Waals surface area (Å²) >= 11 is 0. The summed E-state index contributed by atoms with van der Waals surface area (Å²) in [7, 11) is 1.55. The summed E-state index contributed by atoms with van der Waals surface area (Å²) in [6, 6.07) is 22.5. The Morgan fingerprint density at radius 2 is 1.26 bits per heavy atom. The molecule has 8 rings (SSSR count). The number of aliphatic hydroxyl groups excluding tert-OH is 6. The molecule has 11 N–H and O–H groups in total. The lowest BCUT2D eigenvalue weighted by molar-refractivity contribution is -0.373. The Kier molecular flexibility index (Phi) is 15.8. The number of nitrogens with one attached hydrogen (secondary N) is 3. The minimum absolute atomic E-state index is 0.0223. The standard InChI is InChI=1S/C45H59N5O16/c1-50-32-39(65-45(50)58)38-29(61-41(32)66-42-36(55)34(53)31(30(20-51)62-42)47-19-23-11-5-2-6-12-23)18-28(49-44(57)60-22-25-15-9-4-10-16-25)40(64-38)63-37-26(46)17-27(33(52)35(37)54)48-43(56)59-21-24-13-7-3-8-14-24/h2-16,26-42,45,47,51-55,58H,17-22,46H2,1H3,(H,48,56)(H,49,57)/t26?,27-,28+,29+,30?,31-,32?,33?,34?,35-,36?,37-,38?,39?,40+,41?,42-,45+/m1/s1. The Bertz CT molecular complexity index is 2020. The fraction of sp³-hybridized carbons (Fsp3) is 0.556. The molecular weight excluding hydrogens is 867 g/mol. The highest BCUT2D eigenvalue weighted by atomic mass is 16.8. The van der Waals surface area contributed by atoms with E-state index in [0.29, 0.717) is 6.54 Å². The molecule has 0 bridgehead atoms. The van der Waals surface area contributed by atoms with Gasteiger partial charge in [0, 0.05) is 19.0 Å². The van der Waals surface area contributed by atoms with E-state index >= 15 is 0 Å². The first kappa shape index (κ1) is 48.1. The van der Waals surface area contributed by atoms with Crippen molar-refractivity contribution in [2.24, 2.45) is 5.73 Å². The molecular formula is C45H59N5O16. The van der Waals surface area contributed by atoms with Crippen LogP contribution in [0, 0.1) is 0 Å². The van der Waals surface area contributed by atoms with Gasteiger partial charge in [-0.2, -0.15) is 0 Å². The Balaban J connectivity index is 0.969. The molecule has 0 spiro atoms. The molecule has 21 nitrogen and oxygen atoms in total. The second-order valence-corrected chi connectivity index (χ2v) is 17.2. The van der Waals surface area contributed by atoms with E-state index in [9.17, 15) is 40.2 Å². The van der Waals surface area contributed by atoms with E-state index in [1.807, 2.05) is 42.5 Å². The van der Waals surface area contributed by atoms with Crippen LogP contribution in [-0.2, 0) is 57.7 Å². The summed E-state index contributed by atoms with van der Waals surface area (Å²) in [5, 5.41) is 75.1. The predicted octanol–water partition coefficient (Wildman–Crippen LogP) is -1.16. The Morgan fingerprint density at radius 1 is 0.667 bits per heavy atom. The molecule has 66 heavy (non-hydrogen) atoms. The number of hydrogen-bond donors (Lipinski definition) is 10. The second-order valence-electron chi connectivity index (χ2n) is 17.2. The SMILES string of the molecule is CN1C2C(O[C@H]3OC(CO)[C@@H](NCc4ccccc4)C(O)C3O)O[C@H]3C[C@H](NC(=O)OCc4ccccc4)[C@@H](O[C@@H]4C(N)C[C@@H](NC(=O)OCc5ccccc5)C(O)[C@H]4O)OC3C2O[C@@H]1O. The van der Waals surface area contributed by atoms with E-state index in [-0.39, 0.29) is 26.1 Å². The summed E-state index contributed by atoms with van der Waals surface area (Å²) < 4.78 is 48.6. The topological polar surface area (TPSA) is 295 Å². The third kappa shape index (κ3) is 11.0. The number of benzene rings is 3. The number of carbonyl (C=O) groups excluding carboxylic acids is 2. The fourth-order valence-electron chi connectivity index (χ4n) is 9.17. The van der Waals surface area contributed by atoms with Crippen molar-refractivity contribution >= 4 is 12.2 Å². The molecule has 0 radical (unpaired) electrons. The lowest BCUT2D eigenvalue weighted by atomic mass is 9.84. The van der Waals surface area contributed by atoms with Crippen LogP contribution in [0.1, 0.15) is 29.5 Å². The summed E-state index contributed by atoms with van der Waals surface area (Å²) in [5.41, 5.74) is 8.94. The van der Waals surface area contributed by atoms with Crippen molar-refractivity contribution in [1.29, 1.82) is 0 Å². The number of alkyl carbamates (subject to hydrolysis) is 2. The number of aliphatic hydroxyl groups is 6. The van der Waals surface area contributed by atoms with Crippen molar-refractivity contribution in [3.63, 3.8) is 0 Å². The number of carbonyl (C=O) groups is 2. The number of amides is 2. The minimum atomic E-state index is -1.66. The molecule has 3 aromatic carbocycles. The molecule has 18 atom stereocenters. The molecule has 360 valence electrons. The van der Waals surface area contributed by atoms with Crippen LogP contribution in [0.2, 0.25) is 0 Å². The van der Waals surface area contributed by atoms with Gasteiger partial charge in [-0.15, -0.1) is 0 Å². The van der Waals surface area contributed by atoms with Crippen molar-refractivity contribution in [2.75, 3.05) is 13.7 Å². The number of ether oxygens (including phenoxy) is 8. The fourth-order valence-corrected chi connectivity index (χ4v) is 9.17. The molecule has 9 unspecified atom stereocenters. The Morgan fingerprint density at radius 3 is 1.86 bits per heavy atom. The minimum Gasteiger partial charge on any atom is -0.445 e. The predicted molar refractivity (Wildman–Crippen MR) is 227 cm³/mol. The van der Waals surface area contributed by atoms with Gasteiger partial charge in [0.15, 0.2) is 18.9 Å². The van der Waals surface area contributed by atoms with E-state index in [2.05, 4.69) is 16.0 Å². The number of likely N-dealkylation sites (N-methyl/N-ethyl adjacent to an activating group) is 1. The number of fused-ring (bicyclic) bond motifs is 3. The summed E-state index contributed by atoms with van der Waals surface area (Å²) in [6.45, 7) is -0.308. The van der Waals surface area contributed by atoms with Gasteiger partial charge in [0.25, 0.3) is 0 Å². The van der Waals surface area contributed by atoms with Crippen LogP contribution in [0.25, 0.3) is 0 Å². The van der Waals surface area contributed by atoms with Crippen LogP contribution >= 0.6 is 0 Å². The average molecular weight is 926 g/mol. The average Bonchev–Trinajstić information content (AvgIpc) is 3.63. The largest absolute Gasteiger partial charge is 0.445 e. The second kappa shape index (κ2) is 21.7. The summed E-state index contributed by atoms with van der Waals surface area (Å²) in [6.07, 6.45) is -19.0. The molecule has 2 amide bonds.